The van der Waals surface area contributed by atoms with Crippen LogP contribution in [0.25, 0.3) is 0 Å². The second-order valence-electron chi connectivity index (χ2n) is 4.25. The van der Waals surface area contributed by atoms with Crippen LogP contribution in [-0.4, -0.2) is 34.8 Å². The van der Waals surface area contributed by atoms with Gasteiger partial charge in [-0.25, -0.2) is 4.79 Å². The zero-order valence-electron chi connectivity index (χ0n) is 11.4. The number of ether oxygens (including phenoxy) is 1. The van der Waals surface area contributed by atoms with Crippen molar-refractivity contribution in [2.75, 3.05) is 7.11 Å². The van der Waals surface area contributed by atoms with E-state index in [-0.39, 0.29) is 12.5 Å². The number of carbonyl (C=O) groups is 2. The van der Waals surface area contributed by atoms with E-state index in [4.69, 9.17) is 0 Å². The van der Waals surface area contributed by atoms with Crippen molar-refractivity contribution in [2.24, 2.45) is 0 Å². The Labute approximate surface area is 106 Å². The summed E-state index contributed by atoms with van der Waals surface area (Å²) in [6.07, 6.45) is 0. The van der Waals surface area contributed by atoms with Gasteiger partial charge in [0.25, 0.3) is 0 Å². The summed E-state index contributed by atoms with van der Waals surface area (Å²) in [5.74, 6) is -0.751. The summed E-state index contributed by atoms with van der Waals surface area (Å²) in [6.45, 7) is 7.44. The van der Waals surface area contributed by atoms with Gasteiger partial charge in [0.15, 0.2) is 0 Å². The maximum absolute atomic E-state index is 11.6. The van der Waals surface area contributed by atoms with Crippen molar-refractivity contribution in [1.29, 1.82) is 0 Å². The molecule has 1 rings (SSSR count). The maximum atomic E-state index is 11.6. The summed E-state index contributed by atoms with van der Waals surface area (Å²) in [7, 11) is 1.30. The molecule has 0 bridgehead atoms. The Balaban J connectivity index is 2.92. The van der Waals surface area contributed by atoms with Gasteiger partial charge in [0.2, 0.25) is 5.91 Å². The number of hydrogen-bond acceptors (Lipinski definition) is 4. The molecule has 100 valence electrons. The molecule has 1 unspecified atom stereocenters. The smallest absolute Gasteiger partial charge is 0.330 e. The molecule has 18 heavy (non-hydrogen) atoms. The van der Waals surface area contributed by atoms with Gasteiger partial charge < -0.3 is 10.1 Å². The van der Waals surface area contributed by atoms with Crippen LogP contribution in [0.5, 0.6) is 0 Å². The molecule has 0 fully saturated rings. The largest absolute Gasteiger partial charge is 0.467 e. The lowest BCUT2D eigenvalue weighted by atomic mass is 10.2. The van der Waals surface area contributed by atoms with Crippen molar-refractivity contribution in [3.8, 4) is 0 Å². The third-order valence-electron chi connectivity index (χ3n) is 2.96. The van der Waals surface area contributed by atoms with Crippen LogP contribution in [0, 0.1) is 20.8 Å². The molecule has 1 N–H and O–H groups in total. The van der Waals surface area contributed by atoms with Crippen LogP contribution in [0.2, 0.25) is 0 Å². The Hall–Kier alpha value is -1.85. The molecule has 6 heteroatoms. The zero-order valence-corrected chi connectivity index (χ0v) is 11.4. The Bertz CT molecular complexity index is 465. The van der Waals surface area contributed by atoms with Gasteiger partial charge in [0.05, 0.1) is 19.3 Å². The van der Waals surface area contributed by atoms with E-state index >= 15 is 0 Å². The Morgan fingerprint density at radius 3 is 2.39 bits per heavy atom. The van der Waals surface area contributed by atoms with Crippen molar-refractivity contribution in [1.82, 2.24) is 15.1 Å². The normalized spacial score (nSPS) is 12.1. The molecular weight excluding hydrogens is 234 g/mol. The predicted octanol–water partition coefficient (Wildman–Crippen LogP) is 0.486. The third kappa shape index (κ3) is 3.09. The summed E-state index contributed by atoms with van der Waals surface area (Å²) in [4.78, 5) is 22.7. The lowest BCUT2D eigenvalue weighted by Gasteiger charge is -2.16. The number of esters is 1. The Morgan fingerprint density at radius 1 is 1.39 bits per heavy atom. The summed E-state index contributed by atoms with van der Waals surface area (Å²) >= 11 is 0. The van der Waals surface area contributed by atoms with E-state index in [1.807, 2.05) is 20.8 Å². The molecule has 0 aliphatic rings. The first-order valence-corrected chi connectivity index (χ1v) is 5.72. The van der Waals surface area contributed by atoms with Gasteiger partial charge in [0, 0.05) is 12.6 Å². The number of aromatic nitrogens is 2. The number of rotatable bonds is 4. The van der Waals surface area contributed by atoms with Crippen molar-refractivity contribution < 1.29 is 14.3 Å². The molecule has 1 aromatic heterocycles. The molecule has 0 aliphatic heterocycles. The van der Waals surface area contributed by atoms with E-state index in [1.165, 1.54) is 14.0 Å². The molecule has 0 aromatic carbocycles. The maximum Gasteiger partial charge on any atom is 0.330 e. The van der Waals surface area contributed by atoms with Gasteiger partial charge in [-0.1, -0.05) is 0 Å². The van der Waals surface area contributed by atoms with Crippen LogP contribution < -0.4 is 5.32 Å². The average Bonchev–Trinajstić information content (AvgIpc) is 2.54. The van der Waals surface area contributed by atoms with Crippen molar-refractivity contribution >= 4 is 11.9 Å². The fourth-order valence-corrected chi connectivity index (χ4v) is 1.70. The number of hydrogen-bond donors (Lipinski definition) is 1. The number of amides is 1. The highest BCUT2D eigenvalue weighted by atomic mass is 16.5. The second-order valence-corrected chi connectivity index (χ2v) is 4.25. The van der Waals surface area contributed by atoms with Crippen LogP contribution in [0.15, 0.2) is 0 Å². The number of methoxy groups -OCH3 is 1. The molecule has 1 heterocycles. The van der Waals surface area contributed by atoms with Crippen LogP contribution in [0.3, 0.4) is 0 Å². The Morgan fingerprint density at radius 2 is 2.00 bits per heavy atom. The van der Waals surface area contributed by atoms with Gasteiger partial charge in [-0.3, -0.25) is 9.48 Å². The average molecular weight is 253 g/mol. The van der Waals surface area contributed by atoms with E-state index in [2.05, 4.69) is 15.2 Å². The fraction of sp³-hybridized carbons (Fsp3) is 0.583. The third-order valence-corrected chi connectivity index (χ3v) is 2.96. The zero-order chi connectivity index (χ0) is 13.9. The van der Waals surface area contributed by atoms with Gasteiger partial charge >= 0.3 is 5.97 Å². The molecule has 0 radical (unpaired) electrons. The van der Waals surface area contributed by atoms with Crippen molar-refractivity contribution in [2.45, 2.75) is 40.3 Å². The molecule has 1 amide bonds. The van der Waals surface area contributed by atoms with Crippen LogP contribution in [0.1, 0.15) is 23.9 Å². The molecule has 1 aromatic rings. The van der Waals surface area contributed by atoms with E-state index in [0.717, 1.165) is 17.0 Å². The lowest BCUT2D eigenvalue weighted by Crippen LogP contribution is -2.43. The summed E-state index contributed by atoms with van der Waals surface area (Å²) < 4.78 is 6.38. The summed E-state index contributed by atoms with van der Waals surface area (Å²) in [5.41, 5.74) is 2.98. The highest BCUT2D eigenvalue weighted by Crippen LogP contribution is 2.11. The minimum absolute atomic E-state index is 0.271. The van der Waals surface area contributed by atoms with Crippen LogP contribution in [-0.2, 0) is 20.9 Å². The number of carbonyl (C=O) groups excluding carboxylic acids is 2. The summed E-state index contributed by atoms with van der Waals surface area (Å²) in [6, 6.07) is -0.718. The molecular formula is C12H19N3O3. The second kappa shape index (κ2) is 5.66. The van der Waals surface area contributed by atoms with E-state index < -0.39 is 12.0 Å². The van der Waals surface area contributed by atoms with Crippen LogP contribution >= 0.6 is 0 Å². The van der Waals surface area contributed by atoms with Gasteiger partial charge in [-0.05, 0) is 26.3 Å². The number of aryl methyl sites for hydroxylation is 1. The van der Waals surface area contributed by atoms with E-state index in [9.17, 15) is 9.59 Å². The highest BCUT2D eigenvalue weighted by Gasteiger charge is 2.22. The Kier molecular flexibility index (Phi) is 4.47. The SMILES string of the molecule is COC(=O)C(Cn1nc(C)c(C)c1C)NC(C)=O. The topological polar surface area (TPSA) is 73.2 Å². The standard InChI is InChI=1S/C12H19N3O3/c1-7-8(2)14-15(9(7)3)6-11(12(17)18-5)13-10(4)16/h11H,6H2,1-5H3,(H,13,16). The molecule has 6 nitrogen and oxygen atoms in total. The first kappa shape index (κ1) is 14.2. The van der Waals surface area contributed by atoms with Gasteiger partial charge in [0.1, 0.15) is 6.04 Å². The fourth-order valence-electron chi connectivity index (χ4n) is 1.70. The lowest BCUT2D eigenvalue weighted by molar-refractivity contribution is -0.145. The van der Waals surface area contributed by atoms with Gasteiger partial charge in [-0.15, -0.1) is 0 Å². The van der Waals surface area contributed by atoms with Crippen LogP contribution in [0.4, 0.5) is 0 Å². The molecule has 1 atom stereocenters. The minimum Gasteiger partial charge on any atom is -0.467 e. The summed E-state index contributed by atoms with van der Waals surface area (Å²) in [5, 5.41) is 6.89. The minimum atomic E-state index is -0.718. The van der Waals surface area contributed by atoms with Gasteiger partial charge in [-0.2, -0.15) is 5.10 Å². The first-order valence-electron chi connectivity index (χ1n) is 5.72. The van der Waals surface area contributed by atoms with Crippen molar-refractivity contribution in [3.05, 3.63) is 17.0 Å². The number of nitrogens with one attached hydrogen (secondary N) is 1. The van der Waals surface area contributed by atoms with Crippen molar-refractivity contribution in [3.63, 3.8) is 0 Å². The molecule has 0 aliphatic carbocycles. The quantitative estimate of drug-likeness (QED) is 0.792. The first-order chi connectivity index (χ1) is 8.36. The molecule has 0 saturated heterocycles. The number of nitrogens with zero attached hydrogens (tertiary/aromatic N) is 2. The highest BCUT2D eigenvalue weighted by molar-refractivity contribution is 5.83. The van der Waals surface area contributed by atoms with E-state index in [1.54, 1.807) is 4.68 Å². The monoisotopic (exact) mass is 253 g/mol. The molecule has 0 spiro atoms. The predicted molar refractivity (Wildman–Crippen MR) is 66.1 cm³/mol. The van der Waals surface area contributed by atoms with E-state index in [0.29, 0.717) is 0 Å². The molecule has 0 saturated carbocycles.